The van der Waals surface area contributed by atoms with E-state index in [1.807, 2.05) is 60.1 Å². The normalized spacial score (nSPS) is 10.8. The van der Waals surface area contributed by atoms with E-state index in [0.717, 1.165) is 28.3 Å². The van der Waals surface area contributed by atoms with Gasteiger partial charge in [-0.05, 0) is 30.3 Å². The Hall–Kier alpha value is -2.49. The van der Waals surface area contributed by atoms with Crippen LogP contribution in [0.5, 0.6) is 5.75 Å². The molecule has 0 amide bonds. The average molecular weight is 253 g/mol. The number of ether oxygens (including phenoxy) is 1. The number of rotatable bonds is 3. The summed E-state index contributed by atoms with van der Waals surface area (Å²) in [7, 11) is 1.97. The van der Waals surface area contributed by atoms with Gasteiger partial charge in [0.05, 0.1) is 11.0 Å². The molecule has 0 radical (unpaired) electrons. The van der Waals surface area contributed by atoms with Crippen LogP contribution in [-0.2, 0) is 13.7 Å². The number of anilines is 1. The summed E-state index contributed by atoms with van der Waals surface area (Å²) in [4.78, 5) is 4.55. The Balaban J connectivity index is 1.87. The van der Waals surface area contributed by atoms with Gasteiger partial charge in [0, 0.05) is 12.7 Å². The lowest BCUT2D eigenvalue weighted by atomic mass is 10.3. The average Bonchev–Trinajstić information content (AvgIpc) is 2.74. The van der Waals surface area contributed by atoms with Crippen LogP contribution in [0.15, 0.2) is 48.5 Å². The zero-order chi connectivity index (χ0) is 13.2. The number of hydrogen-bond acceptors (Lipinski definition) is 3. The van der Waals surface area contributed by atoms with Gasteiger partial charge in [-0.25, -0.2) is 4.98 Å². The van der Waals surface area contributed by atoms with Gasteiger partial charge in [0.2, 0.25) is 0 Å². The van der Waals surface area contributed by atoms with E-state index in [4.69, 9.17) is 10.5 Å². The van der Waals surface area contributed by atoms with Crippen molar-refractivity contribution < 1.29 is 4.74 Å². The monoisotopic (exact) mass is 253 g/mol. The standard InChI is InChI=1S/C15H15N3O/c1-18-14-9-11(16)7-8-13(14)17-15(18)10-19-12-5-3-2-4-6-12/h2-9H,10,16H2,1H3. The predicted octanol–water partition coefficient (Wildman–Crippen LogP) is 2.73. The van der Waals surface area contributed by atoms with E-state index in [-0.39, 0.29) is 0 Å². The number of imidazole rings is 1. The second-order valence-corrected chi connectivity index (χ2v) is 4.44. The van der Waals surface area contributed by atoms with Gasteiger partial charge in [-0.3, -0.25) is 0 Å². The Morgan fingerprint density at radius 3 is 2.74 bits per heavy atom. The minimum atomic E-state index is 0.440. The van der Waals surface area contributed by atoms with Gasteiger partial charge >= 0.3 is 0 Å². The molecule has 4 heteroatoms. The highest BCUT2D eigenvalue weighted by Gasteiger charge is 2.08. The van der Waals surface area contributed by atoms with Gasteiger partial charge in [0.15, 0.2) is 0 Å². The van der Waals surface area contributed by atoms with E-state index in [9.17, 15) is 0 Å². The highest BCUT2D eigenvalue weighted by molar-refractivity contribution is 5.79. The number of hydrogen-bond donors (Lipinski definition) is 1. The van der Waals surface area contributed by atoms with Gasteiger partial charge < -0.3 is 15.0 Å². The number of fused-ring (bicyclic) bond motifs is 1. The Labute approximate surface area is 111 Å². The Morgan fingerprint density at radius 1 is 1.16 bits per heavy atom. The summed E-state index contributed by atoms with van der Waals surface area (Å²) in [6.45, 7) is 0.440. The molecule has 0 spiro atoms. The van der Waals surface area contributed by atoms with Gasteiger partial charge in [0.1, 0.15) is 18.2 Å². The lowest BCUT2D eigenvalue weighted by molar-refractivity contribution is 0.292. The fourth-order valence-corrected chi connectivity index (χ4v) is 2.05. The van der Waals surface area contributed by atoms with Crippen LogP contribution >= 0.6 is 0 Å². The number of benzene rings is 2. The third-order valence-electron chi connectivity index (χ3n) is 3.11. The molecule has 0 saturated heterocycles. The van der Waals surface area contributed by atoms with Gasteiger partial charge in [-0.1, -0.05) is 18.2 Å². The summed E-state index contributed by atoms with van der Waals surface area (Å²) < 4.78 is 7.73. The largest absolute Gasteiger partial charge is 0.486 e. The summed E-state index contributed by atoms with van der Waals surface area (Å²) in [5.74, 6) is 1.72. The van der Waals surface area contributed by atoms with Gasteiger partial charge in [0.25, 0.3) is 0 Å². The number of para-hydroxylation sites is 1. The van der Waals surface area contributed by atoms with E-state index >= 15 is 0 Å². The van der Waals surface area contributed by atoms with Crippen molar-refractivity contribution in [1.82, 2.24) is 9.55 Å². The summed E-state index contributed by atoms with van der Waals surface area (Å²) in [6.07, 6.45) is 0. The van der Waals surface area contributed by atoms with Crippen LogP contribution < -0.4 is 10.5 Å². The van der Waals surface area contributed by atoms with Crippen molar-refractivity contribution in [3.05, 3.63) is 54.4 Å². The fraction of sp³-hybridized carbons (Fsp3) is 0.133. The van der Waals surface area contributed by atoms with Crippen LogP contribution in [0.3, 0.4) is 0 Å². The van der Waals surface area contributed by atoms with Crippen molar-refractivity contribution in [2.45, 2.75) is 6.61 Å². The Bertz CT molecular complexity index is 704. The zero-order valence-corrected chi connectivity index (χ0v) is 10.7. The molecule has 0 saturated carbocycles. The summed E-state index contributed by atoms with van der Waals surface area (Å²) in [5, 5.41) is 0. The van der Waals surface area contributed by atoms with Gasteiger partial charge in [-0.2, -0.15) is 0 Å². The SMILES string of the molecule is Cn1c(COc2ccccc2)nc2ccc(N)cc21. The first-order valence-corrected chi connectivity index (χ1v) is 6.13. The topological polar surface area (TPSA) is 53.1 Å². The number of aromatic nitrogens is 2. The van der Waals surface area contributed by atoms with Crippen molar-refractivity contribution in [2.75, 3.05) is 5.73 Å². The second-order valence-electron chi connectivity index (χ2n) is 4.44. The molecule has 2 N–H and O–H groups in total. The highest BCUT2D eigenvalue weighted by atomic mass is 16.5. The van der Waals surface area contributed by atoms with E-state index in [0.29, 0.717) is 6.61 Å². The molecule has 0 aliphatic carbocycles. The number of nitrogens with zero attached hydrogens (tertiary/aromatic N) is 2. The third kappa shape index (κ3) is 2.25. The molecule has 0 unspecified atom stereocenters. The molecule has 2 aromatic carbocycles. The molecule has 3 aromatic rings. The van der Waals surface area contributed by atoms with E-state index in [1.165, 1.54) is 0 Å². The molecule has 0 bridgehead atoms. The molecule has 0 aliphatic heterocycles. The molecule has 19 heavy (non-hydrogen) atoms. The molecule has 1 heterocycles. The van der Waals surface area contributed by atoms with Crippen molar-refractivity contribution in [2.24, 2.45) is 7.05 Å². The fourth-order valence-electron chi connectivity index (χ4n) is 2.05. The number of nitrogen functional groups attached to an aromatic ring is 1. The van der Waals surface area contributed by atoms with Crippen molar-refractivity contribution >= 4 is 16.7 Å². The summed E-state index contributed by atoms with van der Waals surface area (Å²) in [6, 6.07) is 15.4. The molecule has 1 aromatic heterocycles. The van der Waals surface area contributed by atoms with E-state index in [2.05, 4.69) is 4.98 Å². The maximum Gasteiger partial charge on any atom is 0.147 e. The van der Waals surface area contributed by atoms with Crippen molar-refractivity contribution in [3.63, 3.8) is 0 Å². The predicted molar refractivity (Wildman–Crippen MR) is 75.9 cm³/mol. The van der Waals surface area contributed by atoms with E-state index in [1.54, 1.807) is 0 Å². The second kappa shape index (κ2) is 4.65. The van der Waals surface area contributed by atoms with Crippen LogP contribution in [0.25, 0.3) is 11.0 Å². The zero-order valence-electron chi connectivity index (χ0n) is 10.7. The minimum absolute atomic E-state index is 0.440. The first-order valence-electron chi connectivity index (χ1n) is 6.13. The van der Waals surface area contributed by atoms with Crippen molar-refractivity contribution in [3.8, 4) is 5.75 Å². The lowest BCUT2D eigenvalue weighted by Crippen LogP contribution is -2.03. The third-order valence-corrected chi connectivity index (χ3v) is 3.11. The quantitative estimate of drug-likeness (QED) is 0.730. The first-order chi connectivity index (χ1) is 9.24. The van der Waals surface area contributed by atoms with Crippen LogP contribution in [0.1, 0.15) is 5.82 Å². The molecule has 96 valence electrons. The smallest absolute Gasteiger partial charge is 0.147 e. The first kappa shape index (κ1) is 11.6. The van der Waals surface area contributed by atoms with Crippen LogP contribution in [0.4, 0.5) is 5.69 Å². The Kier molecular flexibility index (Phi) is 2.83. The van der Waals surface area contributed by atoms with Gasteiger partial charge in [-0.15, -0.1) is 0 Å². The number of nitrogens with two attached hydrogens (primary N) is 1. The molecular formula is C15H15N3O. The number of aryl methyl sites for hydroxylation is 1. The molecule has 3 rings (SSSR count). The summed E-state index contributed by atoms with van der Waals surface area (Å²) >= 11 is 0. The van der Waals surface area contributed by atoms with Crippen LogP contribution in [-0.4, -0.2) is 9.55 Å². The minimum Gasteiger partial charge on any atom is -0.486 e. The molecule has 0 aliphatic rings. The lowest BCUT2D eigenvalue weighted by Gasteiger charge is -2.05. The molecule has 4 nitrogen and oxygen atoms in total. The van der Waals surface area contributed by atoms with Crippen LogP contribution in [0, 0.1) is 0 Å². The maximum atomic E-state index is 5.79. The highest BCUT2D eigenvalue weighted by Crippen LogP contribution is 2.19. The maximum absolute atomic E-state index is 5.79. The van der Waals surface area contributed by atoms with Crippen molar-refractivity contribution in [1.29, 1.82) is 0 Å². The molecular weight excluding hydrogens is 238 g/mol. The molecule has 0 atom stereocenters. The Morgan fingerprint density at radius 2 is 1.95 bits per heavy atom. The van der Waals surface area contributed by atoms with E-state index < -0.39 is 0 Å². The van der Waals surface area contributed by atoms with Crippen LogP contribution in [0.2, 0.25) is 0 Å². The summed E-state index contributed by atoms with van der Waals surface area (Å²) in [5.41, 5.74) is 8.49. The molecule has 0 fully saturated rings.